The van der Waals surface area contributed by atoms with Crippen molar-refractivity contribution in [3.8, 4) is 11.5 Å². The van der Waals surface area contributed by atoms with Gasteiger partial charge < -0.3 is 14.6 Å². The molecule has 8 heteroatoms. The molecule has 1 N–H and O–H groups in total. The first-order chi connectivity index (χ1) is 13.8. The largest absolute Gasteiger partial charge is 0.493 e. The van der Waals surface area contributed by atoms with Crippen LogP contribution in [0.4, 0.5) is 5.69 Å². The number of aromatic carboxylic acids is 1. The van der Waals surface area contributed by atoms with E-state index >= 15 is 0 Å². The molecule has 0 saturated carbocycles. The first-order valence-corrected chi connectivity index (χ1v) is 9.60. The molecule has 3 rings (SSSR count). The standard InChI is InChI=1S/C21H19BrN2O5/c1-4-29-19-17(22)9-13(10-18(19)28-3)8-16-12(2)23-24(20(16)25)15-7-5-6-14(11-15)21(26)27/h5-11H,4H2,1-3H3,(H,26,27). The minimum atomic E-state index is -1.07. The molecule has 0 radical (unpaired) electrons. The summed E-state index contributed by atoms with van der Waals surface area (Å²) >= 11 is 3.47. The van der Waals surface area contributed by atoms with Crippen LogP contribution in [0.15, 0.2) is 51.5 Å². The number of methoxy groups -OCH3 is 1. The van der Waals surface area contributed by atoms with Crippen LogP contribution < -0.4 is 14.5 Å². The van der Waals surface area contributed by atoms with E-state index in [4.69, 9.17) is 9.47 Å². The fraction of sp³-hybridized carbons (Fsp3) is 0.190. The summed E-state index contributed by atoms with van der Waals surface area (Å²) in [6.45, 7) is 4.10. The second kappa shape index (κ2) is 8.48. The Bertz CT molecular complexity index is 1050. The Hall–Kier alpha value is -3.13. The van der Waals surface area contributed by atoms with Gasteiger partial charge in [-0.25, -0.2) is 4.79 Å². The van der Waals surface area contributed by atoms with Crippen molar-refractivity contribution in [2.75, 3.05) is 18.7 Å². The van der Waals surface area contributed by atoms with Crippen LogP contribution in [-0.4, -0.2) is 36.4 Å². The first-order valence-electron chi connectivity index (χ1n) is 8.81. The predicted molar refractivity (Wildman–Crippen MR) is 114 cm³/mol. The highest BCUT2D eigenvalue weighted by atomic mass is 79.9. The lowest BCUT2D eigenvalue weighted by Crippen LogP contribution is -2.21. The summed E-state index contributed by atoms with van der Waals surface area (Å²) in [5.41, 5.74) is 2.14. The zero-order valence-corrected chi connectivity index (χ0v) is 17.7. The molecule has 7 nitrogen and oxygen atoms in total. The fourth-order valence-corrected chi connectivity index (χ4v) is 3.48. The van der Waals surface area contributed by atoms with Gasteiger partial charge in [-0.05, 0) is 71.7 Å². The Morgan fingerprint density at radius 1 is 1.31 bits per heavy atom. The Balaban J connectivity index is 1.97. The number of anilines is 1. The van der Waals surface area contributed by atoms with E-state index in [-0.39, 0.29) is 11.5 Å². The van der Waals surface area contributed by atoms with Gasteiger partial charge in [0.25, 0.3) is 5.91 Å². The smallest absolute Gasteiger partial charge is 0.335 e. The number of carbonyl (C=O) groups excluding carboxylic acids is 1. The molecule has 0 unspecified atom stereocenters. The molecule has 2 aromatic carbocycles. The van der Waals surface area contributed by atoms with E-state index in [0.717, 1.165) is 5.56 Å². The number of hydrogen-bond acceptors (Lipinski definition) is 5. The van der Waals surface area contributed by atoms with Crippen molar-refractivity contribution in [3.63, 3.8) is 0 Å². The Morgan fingerprint density at radius 2 is 2.07 bits per heavy atom. The number of nitrogens with zero attached hydrogens (tertiary/aromatic N) is 2. The molecule has 0 atom stereocenters. The highest BCUT2D eigenvalue weighted by Gasteiger charge is 2.29. The van der Waals surface area contributed by atoms with Crippen LogP contribution in [0.2, 0.25) is 0 Å². The third kappa shape index (κ3) is 4.17. The maximum absolute atomic E-state index is 12.9. The molecule has 0 bridgehead atoms. The second-order valence-corrected chi connectivity index (χ2v) is 7.04. The zero-order valence-electron chi connectivity index (χ0n) is 16.1. The van der Waals surface area contributed by atoms with E-state index < -0.39 is 5.97 Å². The van der Waals surface area contributed by atoms with Crippen molar-refractivity contribution in [3.05, 3.63) is 57.6 Å². The van der Waals surface area contributed by atoms with Crippen LogP contribution in [0.3, 0.4) is 0 Å². The van der Waals surface area contributed by atoms with Crippen molar-refractivity contribution in [1.29, 1.82) is 0 Å². The zero-order chi connectivity index (χ0) is 21.1. The molecule has 0 saturated heterocycles. The molecule has 29 heavy (non-hydrogen) atoms. The molecule has 1 heterocycles. The van der Waals surface area contributed by atoms with Gasteiger partial charge in [-0.1, -0.05) is 6.07 Å². The van der Waals surface area contributed by atoms with E-state index in [9.17, 15) is 14.7 Å². The molecule has 1 aliphatic rings. The van der Waals surface area contributed by atoms with Gasteiger partial charge in [-0.2, -0.15) is 10.1 Å². The SMILES string of the molecule is CCOc1c(Br)cc(C=C2C(=O)N(c3cccc(C(=O)O)c3)N=C2C)cc1OC. The van der Waals surface area contributed by atoms with Crippen molar-refractivity contribution in [1.82, 2.24) is 0 Å². The number of carboxylic acids is 1. The highest BCUT2D eigenvalue weighted by Crippen LogP contribution is 2.37. The summed E-state index contributed by atoms with van der Waals surface area (Å²) in [5.74, 6) is -0.276. The molecular weight excluding hydrogens is 440 g/mol. The highest BCUT2D eigenvalue weighted by molar-refractivity contribution is 9.10. The van der Waals surface area contributed by atoms with E-state index in [1.165, 1.54) is 17.1 Å². The van der Waals surface area contributed by atoms with Crippen LogP contribution in [-0.2, 0) is 4.79 Å². The van der Waals surface area contributed by atoms with Crippen LogP contribution in [0.25, 0.3) is 6.08 Å². The number of halogens is 1. The summed E-state index contributed by atoms with van der Waals surface area (Å²) in [4.78, 5) is 24.1. The number of ether oxygens (including phenoxy) is 2. The molecular formula is C21H19BrN2O5. The molecule has 0 fully saturated rings. The number of hydrazone groups is 1. The maximum atomic E-state index is 12.9. The number of benzene rings is 2. The minimum absolute atomic E-state index is 0.0840. The average Bonchev–Trinajstić information content (AvgIpc) is 2.98. The summed E-state index contributed by atoms with van der Waals surface area (Å²) in [7, 11) is 1.55. The van der Waals surface area contributed by atoms with Gasteiger partial charge in [0.05, 0.1) is 40.7 Å². The number of amides is 1. The molecule has 150 valence electrons. The lowest BCUT2D eigenvalue weighted by atomic mass is 10.1. The van der Waals surface area contributed by atoms with Crippen LogP contribution >= 0.6 is 15.9 Å². The Morgan fingerprint density at radius 3 is 2.72 bits per heavy atom. The average molecular weight is 459 g/mol. The Kier molecular flexibility index (Phi) is 6.03. The van der Waals surface area contributed by atoms with E-state index in [2.05, 4.69) is 21.0 Å². The van der Waals surface area contributed by atoms with Gasteiger partial charge >= 0.3 is 5.97 Å². The van der Waals surface area contributed by atoms with Crippen molar-refractivity contribution < 1.29 is 24.2 Å². The Labute approximate surface area is 176 Å². The van der Waals surface area contributed by atoms with Gasteiger partial charge in [-0.15, -0.1) is 0 Å². The van der Waals surface area contributed by atoms with Gasteiger partial charge in [0.1, 0.15) is 0 Å². The first kappa shape index (κ1) is 20.6. The third-order valence-electron chi connectivity index (χ3n) is 4.25. The van der Waals surface area contributed by atoms with Gasteiger partial charge in [0.15, 0.2) is 11.5 Å². The molecule has 0 aromatic heterocycles. The van der Waals surface area contributed by atoms with Crippen molar-refractivity contribution in [2.24, 2.45) is 5.10 Å². The predicted octanol–water partition coefficient (Wildman–Crippen LogP) is 4.36. The molecule has 2 aromatic rings. The summed E-state index contributed by atoms with van der Waals surface area (Å²) < 4.78 is 11.7. The van der Waals surface area contributed by atoms with Crippen LogP contribution in [0.1, 0.15) is 29.8 Å². The topological polar surface area (TPSA) is 88.4 Å². The summed E-state index contributed by atoms with van der Waals surface area (Å²) in [6.07, 6.45) is 1.71. The normalized spacial score (nSPS) is 14.9. The summed E-state index contributed by atoms with van der Waals surface area (Å²) in [5, 5.41) is 14.7. The maximum Gasteiger partial charge on any atom is 0.335 e. The fourth-order valence-electron chi connectivity index (χ4n) is 2.90. The van der Waals surface area contributed by atoms with E-state index in [1.54, 1.807) is 38.3 Å². The number of rotatable bonds is 6. The molecule has 0 aliphatic carbocycles. The second-order valence-electron chi connectivity index (χ2n) is 6.18. The van der Waals surface area contributed by atoms with Crippen molar-refractivity contribution in [2.45, 2.75) is 13.8 Å². The van der Waals surface area contributed by atoms with Gasteiger partial charge in [0.2, 0.25) is 0 Å². The lowest BCUT2D eigenvalue weighted by molar-refractivity contribution is -0.114. The van der Waals surface area contributed by atoms with Crippen molar-refractivity contribution >= 4 is 45.3 Å². The van der Waals surface area contributed by atoms with E-state index in [0.29, 0.717) is 39.6 Å². The van der Waals surface area contributed by atoms with Crippen LogP contribution in [0, 0.1) is 0 Å². The summed E-state index contributed by atoms with van der Waals surface area (Å²) in [6, 6.07) is 9.69. The number of carbonyl (C=O) groups is 2. The lowest BCUT2D eigenvalue weighted by Gasteiger charge is -2.13. The molecule has 1 amide bonds. The monoisotopic (exact) mass is 458 g/mol. The van der Waals surface area contributed by atoms with Gasteiger partial charge in [0, 0.05) is 0 Å². The van der Waals surface area contributed by atoms with Gasteiger partial charge in [-0.3, -0.25) is 4.79 Å². The van der Waals surface area contributed by atoms with Crippen LogP contribution in [0.5, 0.6) is 11.5 Å². The third-order valence-corrected chi connectivity index (χ3v) is 4.84. The van der Waals surface area contributed by atoms with E-state index in [1.807, 2.05) is 13.0 Å². The molecule has 0 spiro atoms. The number of carboxylic acid groups (broad SMARTS) is 1. The molecule has 1 aliphatic heterocycles. The quantitative estimate of drug-likeness (QED) is 0.649. The number of hydrogen-bond donors (Lipinski definition) is 1. The minimum Gasteiger partial charge on any atom is -0.493 e.